The first-order chi connectivity index (χ1) is 9.63. The number of benzene rings is 2. The zero-order valence-corrected chi connectivity index (χ0v) is 11.5. The van der Waals surface area contributed by atoms with Gasteiger partial charge in [0.25, 0.3) is 0 Å². The second kappa shape index (κ2) is 6.48. The molecule has 2 nitrogen and oxygen atoms in total. The van der Waals surface area contributed by atoms with Gasteiger partial charge in [-0.15, -0.1) is 0 Å². The average Bonchev–Trinajstić information content (AvgIpc) is 2.48. The van der Waals surface area contributed by atoms with Crippen LogP contribution in [0.1, 0.15) is 17.2 Å². The van der Waals surface area contributed by atoms with Crippen LogP contribution in [-0.2, 0) is 6.42 Å². The largest absolute Gasteiger partial charge is 0.497 e. The lowest BCUT2D eigenvalue weighted by molar-refractivity contribution is 0.414. The number of halogens is 2. The van der Waals surface area contributed by atoms with E-state index in [-0.39, 0.29) is 6.04 Å². The van der Waals surface area contributed by atoms with Crippen molar-refractivity contribution < 1.29 is 13.5 Å². The molecule has 0 radical (unpaired) electrons. The van der Waals surface area contributed by atoms with Crippen molar-refractivity contribution >= 4 is 0 Å². The van der Waals surface area contributed by atoms with Gasteiger partial charge in [-0.25, -0.2) is 8.78 Å². The molecule has 2 aromatic rings. The van der Waals surface area contributed by atoms with Crippen molar-refractivity contribution in [2.75, 3.05) is 14.2 Å². The second-order valence-corrected chi connectivity index (χ2v) is 4.56. The molecule has 4 heteroatoms. The summed E-state index contributed by atoms with van der Waals surface area (Å²) in [7, 11) is 3.34. The predicted octanol–water partition coefficient (Wildman–Crippen LogP) is 3.48. The number of hydrogen-bond donors (Lipinski definition) is 1. The molecule has 2 rings (SSSR count). The molecule has 20 heavy (non-hydrogen) atoms. The summed E-state index contributed by atoms with van der Waals surface area (Å²) < 4.78 is 32.2. The Bertz CT molecular complexity index is 569. The van der Waals surface area contributed by atoms with E-state index in [0.29, 0.717) is 12.0 Å². The Morgan fingerprint density at radius 2 is 1.80 bits per heavy atom. The molecule has 2 aromatic carbocycles. The van der Waals surface area contributed by atoms with Crippen molar-refractivity contribution in [3.8, 4) is 5.75 Å². The Kier molecular flexibility index (Phi) is 4.69. The standard InChI is InChI=1S/C16H17F2NO/c1-19-16(14-10-12(17)5-8-15(14)18)9-11-3-6-13(20-2)7-4-11/h3-8,10,16,19H,9H2,1-2H3. The fraction of sp³-hybridized carbons (Fsp3) is 0.250. The summed E-state index contributed by atoms with van der Waals surface area (Å²) in [4.78, 5) is 0. The van der Waals surface area contributed by atoms with E-state index in [1.54, 1.807) is 14.2 Å². The molecule has 0 aliphatic carbocycles. The number of likely N-dealkylation sites (N-methyl/N-ethyl adjacent to an activating group) is 1. The SMILES string of the molecule is CNC(Cc1ccc(OC)cc1)c1cc(F)ccc1F. The fourth-order valence-corrected chi connectivity index (χ4v) is 2.15. The van der Waals surface area contributed by atoms with Crippen LogP contribution in [0.4, 0.5) is 8.78 Å². The summed E-state index contributed by atoms with van der Waals surface area (Å²) >= 11 is 0. The van der Waals surface area contributed by atoms with E-state index in [0.717, 1.165) is 23.4 Å². The van der Waals surface area contributed by atoms with Crippen molar-refractivity contribution in [1.29, 1.82) is 0 Å². The minimum Gasteiger partial charge on any atom is -0.497 e. The highest BCUT2D eigenvalue weighted by atomic mass is 19.1. The lowest BCUT2D eigenvalue weighted by Crippen LogP contribution is -2.20. The number of ether oxygens (including phenoxy) is 1. The van der Waals surface area contributed by atoms with Crippen molar-refractivity contribution in [1.82, 2.24) is 5.32 Å². The van der Waals surface area contributed by atoms with Gasteiger partial charge in [0, 0.05) is 11.6 Å². The Morgan fingerprint density at radius 3 is 2.40 bits per heavy atom. The lowest BCUT2D eigenvalue weighted by Gasteiger charge is -2.17. The molecule has 0 heterocycles. The minimum absolute atomic E-state index is 0.279. The summed E-state index contributed by atoms with van der Waals surface area (Å²) in [5.74, 6) is -0.0673. The summed E-state index contributed by atoms with van der Waals surface area (Å²) in [5.41, 5.74) is 1.36. The molecule has 1 atom stereocenters. The van der Waals surface area contributed by atoms with Crippen LogP contribution in [0.3, 0.4) is 0 Å². The fourth-order valence-electron chi connectivity index (χ4n) is 2.15. The zero-order valence-electron chi connectivity index (χ0n) is 11.5. The third kappa shape index (κ3) is 3.33. The third-order valence-corrected chi connectivity index (χ3v) is 3.28. The molecule has 106 valence electrons. The van der Waals surface area contributed by atoms with Crippen LogP contribution in [-0.4, -0.2) is 14.2 Å². The predicted molar refractivity (Wildman–Crippen MR) is 74.9 cm³/mol. The van der Waals surface area contributed by atoms with Crippen LogP contribution in [0.15, 0.2) is 42.5 Å². The molecule has 0 aromatic heterocycles. The molecule has 0 saturated heterocycles. The number of methoxy groups -OCH3 is 1. The van der Waals surface area contributed by atoms with Crippen molar-refractivity contribution in [3.05, 3.63) is 65.2 Å². The molecule has 0 fully saturated rings. The summed E-state index contributed by atoms with van der Waals surface area (Å²) in [6, 6.07) is 10.8. The van der Waals surface area contributed by atoms with Gasteiger partial charge in [0.2, 0.25) is 0 Å². The van der Waals surface area contributed by atoms with Crippen molar-refractivity contribution in [2.45, 2.75) is 12.5 Å². The van der Waals surface area contributed by atoms with Crippen LogP contribution < -0.4 is 10.1 Å². The monoisotopic (exact) mass is 277 g/mol. The van der Waals surface area contributed by atoms with Crippen LogP contribution >= 0.6 is 0 Å². The second-order valence-electron chi connectivity index (χ2n) is 4.56. The molecule has 0 aliphatic rings. The first-order valence-electron chi connectivity index (χ1n) is 6.39. The molecule has 0 spiro atoms. The highest BCUT2D eigenvalue weighted by Crippen LogP contribution is 2.23. The maximum Gasteiger partial charge on any atom is 0.128 e. The van der Waals surface area contributed by atoms with Gasteiger partial charge in [-0.2, -0.15) is 0 Å². The number of rotatable bonds is 5. The maximum atomic E-state index is 13.8. The van der Waals surface area contributed by atoms with Crippen LogP contribution in [0.5, 0.6) is 5.75 Å². The molecule has 1 unspecified atom stereocenters. The van der Waals surface area contributed by atoms with Gasteiger partial charge in [0.1, 0.15) is 17.4 Å². The van der Waals surface area contributed by atoms with Gasteiger partial charge < -0.3 is 10.1 Å². The van der Waals surface area contributed by atoms with Crippen molar-refractivity contribution in [3.63, 3.8) is 0 Å². The van der Waals surface area contributed by atoms with Gasteiger partial charge in [-0.1, -0.05) is 12.1 Å². The quantitative estimate of drug-likeness (QED) is 0.903. The molecule has 0 saturated carbocycles. The van der Waals surface area contributed by atoms with Gasteiger partial charge in [0.15, 0.2) is 0 Å². The van der Waals surface area contributed by atoms with E-state index in [4.69, 9.17) is 4.74 Å². The third-order valence-electron chi connectivity index (χ3n) is 3.28. The summed E-state index contributed by atoms with van der Waals surface area (Å²) in [5, 5.41) is 3.03. The minimum atomic E-state index is -0.434. The van der Waals surface area contributed by atoms with Crippen LogP contribution in [0.25, 0.3) is 0 Å². The molecule has 0 bridgehead atoms. The Balaban J connectivity index is 2.21. The maximum absolute atomic E-state index is 13.8. The van der Waals surface area contributed by atoms with Gasteiger partial charge in [-0.3, -0.25) is 0 Å². The topological polar surface area (TPSA) is 21.3 Å². The molecular weight excluding hydrogens is 260 g/mol. The van der Waals surface area contributed by atoms with Crippen molar-refractivity contribution in [2.24, 2.45) is 0 Å². The number of nitrogens with one attached hydrogen (secondary N) is 1. The van der Waals surface area contributed by atoms with Gasteiger partial charge >= 0.3 is 0 Å². The van der Waals surface area contributed by atoms with E-state index in [1.165, 1.54) is 6.07 Å². The molecular formula is C16H17F2NO. The van der Waals surface area contributed by atoms with Crippen LogP contribution in [0, 0.1) is 11.6 Å². The normalized spacial score (nSPS) is 12.2. The Labute approximate surface area is 117 Å². The highest BCUT2D eigenvalue weighted by molar-refractivity contribution is 5.30. The zero-order chi connectivity index (χ0) is 14.5. The van der Waals surface area contributed by atoms with Gasteiger partial charge in [-0.05, 0) is 49.4 Å². The van der Waals surface area contributed by atoms with E-state index >= 15 is 0 Å². The summed E-state index contributed by atoms with van der Waals surface area (Å²) in [6.07, 6.45) is 0.570. The van der Waals surface area contributed by atoms with E-state index in [1.807, 2.05) is 24.3 Å². The van der Waals surface area contributed by atoms with E-state index in [9.17, 15) is 8.78 Å². The van der Waals surface area contributed by atoms with Crippen LogP contribution in [0.2, 0.25) is 0 Å². The number of hydrogen-bond acceptors (Lipinski definition) is 2. The molecule has 1 N–H and O–H groups in total. The first kappa shape index (κ1) is 14.5. The van der Waals surface area contributed by atoms with Gasteiger partial charge in [0.05, 0.1) is 7.11 Å². The lowest BCUT2D eigenvalue weighted by atomic mass is 9.98. The van der Waals surface area contributed by atoms with E-state index in [2.05, 4.69) is 5.32 Å². The summed E-state index contributed by atoms with van der Waals surface area (Å²) in [6.45, 7) is 0. The Hall–Kier alpha value is -1.94. The van der Waals surface area contributed by atoms with E-state index < -0.39 is 11.6 Å². The first-order valence-corrected chi connectivity index (χ1v) is 6.39. The average molecular weight is 277 g/mol. The Morgan fingerprint density at radius 1 is 1.10 bits per heavy atom. The molecule has 0 amide bonds. The smallest absolute Gasteiger partial charge is 0.128 e. The highest BCUT2D eigenvalue weighted by Gasteiger charge is 2.15. The molecule has 0 aliphatic heterocycles.